The van der Waals surface area contributed by atoms with Crippen molar-refractivity contribution in [2.45, 2.75) is 0 Å². The number of ketones is 1. The molecule has 0 unspecified atom stereocenters. The molecular formula is C18H16BrFO4. The summed E-state index contributed by atoms with van der Waals surface area (Å²) in [5.41, 5.74) is 0.969. The summed E-state index contributed by atoms with van der Waals surface area (Å²) in [5.74, 6) is 0.314. The van der Waals surface area contributed by atoms with Crippen LogP contribution in [-0.2, 0) is 0 Å². The van der Waals surface area contributed by atoms with E-state index in [1.54, 1.807) is 25.3 Å². The third-order valence-electron chi connectivity index (χ3n) is 3.35. The van der Waals surface area contributed by atoms with Crippen LogP contribution in [0.3, 0.4) is 0 Å². The van der Waals surface area contributed by atoms with E-state index in [1.165, 1.54) is 32.4 Å². The Balaban J connectivity index is 2.27. The van der Waals surface area contributed by atoms with Gasteiger partial charge in [-0.1, -0.05) is 15.9 Å². The van der Waals surface area contributed by atoms with Gasteiger partial charge in [0.25, 0.3) is 0 Å². The number of halogens is 2. The predicted octanol–water partition coefficient (Wildman–Crippen LogP) is 4.51. The lowest BCUT2D eigenvalue weighted by Crippen LogP contribution is -1.97. The van der Waals surface area contributed by atoms with E-state index in [4.69, 9.17) is 14.2 Å². The van der Waals surface area contributed by atoms with Gasteiger partial charge in [0.2, 0.25) is 0 Å². The molecule has 2 rings (SSSR count). The van der Waals surface area contributed by atoms with E-state index in [-0.39, 0.29) is 17.1 Å². The highest BCUT2D eigenvalue weighted by Crippen LogP contribution is 2.34. The quantitative estimate of drug-likeness (QED) is 0.533. The Morgan fingerprint density at radius 2 is 1.62 bits per heavy atom. The van der Waals surface area contributed by atoms with Crippen LogP contribution in [0.25, 0.3) is 6.08 Å². The predicted molar refractivity (Wildman–Crippen MR) is 93.6 cm³/mol. The Morgan fingerprint density at radius 3 is 2.21 bits per heavy atom. The fraction of sp³-hybridized carbons (Fsp3) is 0.167. The van der Waals surface area contributed by atoms with Crippen molar-refractivity contribution in [2.24, 2.45) is 0 Å². The van der Waals surface area contributed by atoms with Crippen LogP contribution in [0, 0.1) is 5.82 Å². The molecule has 126 valence electrons. The summed E-state index contributed by atoms with van der Waals surface area (Å²) in [6.45, 7) is 0. The first-order valence-corrected chi connectivity index (χ1v) is 7.77. The lowest BCUT2D eigenvalue weighted by molar-refractivity contribution is 0.104. The molecule has 24 heavy (non-hydrogen) atoms. The smallest absolute Gasteiger partial charge is 0.185 e. The second kappa shape index (κ2) is 7.97. The van der Waals surface area contributed by atoms with Crippen molar-refractivity contribution in [2.75, 3.05) is 21.3 Å². The molecule has 0 heterocycles. The highest BCUT2D eigenvalue weighted by atomic mass is 79.9. The summed E-state index contributed by atoms with van der Waals surface area (Å²) >= 11 is 3.41. The SMILES string of the molecule is COc1ccc(C(=O)C=Cc2cc(OC)c(OC)cc2Br)cc1F. The summed E-state index contributed by atoms with van der Waals surface area (Å²) in [4.78, 5) is 12.2. The average Bonchev–Trinajstić information content (AvgIpc) is 2.59. The third-order valence-corrected chi connectivity index (χ3v) is 4.04. The van der Waals surface area contributed by atoms with Gasteiger partial charge in [0.1, 0.15) is 0 Å². The molecule has 2 aromatic carbocycles. The Morgan fingerprint density at radius 1 is 1.00 bits per heavy atom. The maximum Gasteiger partial charge on any atom is 0.185 e. The minimum atomic E-state index is -0.580. The Hall–Kier alpha value is -2.34. The first kappa shape index (κ1) is 18.0. The van der Waals surface area contributed by atoms with Crippen LogP contribution in [0.15, 0.2) is 40.9 Å². The molecular weight excluding hydrogens is 379 g/mol. The van der Waals surface area contributed by atoms with Gasteiger partial charge in [-0.15, -0.1) is 0 Å². The van der Waals surface area contributed by atoms with Gasteiger partial charge in [-0.3, -0.25) is 4.79 Å². The lowest BCUT2D eigenvalue weighted by Gasteiger charge is -2.09. The molecule has 0 aromatic heterocycles. The summed E-state index contributed by atoms with van der Waals surface area (Å²) in [6, 6.07) is 7.56. The zero-order valence-electron chi connectivity index (χ0n) is 13.4. The highest BCUT2D eigenvalue weighted by Gasteiger charge is 2.10. The zero-order chi connectivity index (χ0) is 17.7. The number of benzene rings is 2. The summed E-state index contributed by atoms with van der Waals surface area (Å²) in [5, 5.41) is 0. The van der Waals surface area contributed by atoms with Crippen LogP contribution >= 0.6 is 15.9 Å². The van der Waals surface area contributed by atoms with E-state index in [0.717, 1.165) is 16.1 Å². The third kappa shape index (κ3) is 3.94. The van der Waals surface area contributed by atoms with E-state index in [0.29, 0.717) is 11.5 Å². The van der Waals surface area contributed by atoms with Gasteiger partial charge in [-0.25, -0.2) is 4.39 Å². The molecule has 0 fully saturated rings. The molecule has 0 amide bonds. The van der Waals surface area contributed by atoms with E-state index >= 15 is 0 Å². The Kier molecular flexibility index (Phi) is 5.98. The fourth-order valence-corrected chi connectivity index (χ4v) is 2.53. The number of carbonyl (C=O) groups excluding carboxylic acids is 1. The number of ether oxygens (including phenoxy) is 3. The highest BCUT2D eigenvalue weighted by molar-refractivity contribution is 9.10. The van der Waals surface area contributed by atoms with Gasteiger partial charge in [-0.05, 0) is 48.0 Å². The van der Waals surface area contributed by atoms with Crippen molar-refractivity contribution in [1.29, 1.82) is 0 Å². The minimum absolute atomic E-state index is 0.0955. The number of hydrogen-bond donors (Lipinski definition) is 0. The number of hydrogen-bond acceptors (Lipinski definition) is 4. The van der Waals surface area contributed by atoms with Gasteiger partial charge in [0, 0.05) is 10.0 Å². The largest absolute Gasteiger partial charge is 0.494 e. The monoisotopic (exact) mass is 394 g/mol. The zero-order valence-corrected chi connectivity index (χ0v) is 15.0. The molecule has 2 aromatic rings. The van der Waals surface area contributed by atoms with E-state index in [2.05, 4.69) is 15.9 Å². The molecule has 0 radical (unpaired) electrons. The van der Waals surface area contributed by atoms with Crippen molar-refractivity contribution in [1.82, 2.24) is 0 Å². The van der Waals surface area contributed by atoms with Crippen LogP contribution < -0.4 is 14.2 Å². The number of methoxy groups -OCH3 is 3. The van der Waals surface area contributed by atoms with Crippen LogP contribution in [0.2, 0.25) is 0 Å². The van der Waals surface area contributed by atoms with Gasteiger partial charge >= 0.3 is 0 Å². The van der Waals surface area contributed by atoms with Crippen molar-refractivity contribution in [3.05, 3.63) is 57.8 Å². The molecule has 0 bridgehead atoms. The Labute approximate surface area is 148 Å². The topological polar surface area (TPSA) is 44.8 Å². The molecule has 0 saturated heterocycles. The fourth-order valence-electron chi connectivity index (χ4n) is 2.08. The normalized spacial score (nSPS) is 10.7. The second-order valence-electron chi connectivity index (χ2n) is 4.78. The molecule has 0 atom stereocenters. The number of allylic oxidation sites excluding steroid dienone is 1. The maximum atomic E-state index is 13.7. The number of rotatable bonds is 6. The molecule has 0 aliphatic rings. The Bertz CT molecular complexity index is 787. The van der Waals surface area contributed by atoms with E-state index in [1.807, 2.05) is 0 Å². The van der Waals surface area contributed by atoms with Crippen molar-refractivity contribution >= 4 is 27.8 Å². The van der Waals surface area contributed by atoms with Crippen LogP contribution in [0.5, 0.6) is 17.2 Å². The standard InChI is InChI=1S/C18H16BrFO4/c1-22-16-7-5-12(8-14(16)20)15(21)6-4-11-9-17(23-2)18(24-3)10-13(11)19/h4-10H,1-3H3. The molecule has 0 N–H and O–H groups in total. The summed E-state index contributed by atoms with van der Waals surface area (Å²) < 4.78 is 29.7. The van der Waals surface area contributed by atoms with Crippen molar-refractivity contribution in [3.8, 4) is 17.2 Å². The summed E-state index contributed by atoms with van der Waals surface area (Å²) in [6.07, 6.45) is 2.99. The van der Waals surface area contributed by atoms with Gasteiger partial charge in [0.15, 0.2) is 28.8 Å². The van der Waals surface area contributed by atoms with Gasteiger partial charge < -0.3 is 14.2 Å². The molecule has 0 aliphatic carbocycles. The maximum absolute atomic E-state index is 13.7. The molecule has 4 nitrogen and oxygen atoms in total. The van der Waals surface area contributed by atoms with Crippen LogP contribution in [0.1, 0.15) is 15.9 Å². The second-order valence-corrected chi connectivity index (χ2v) is 5.63. The van der Waals surface area contributed by atoms with Crippen molar-refractivity contribution < 1.29 is 23.4 Å². The molecule has 0 spiro atoms. The van der Waals surface area contributed by atoms with Crippen molar-refractivity contribution in [3.63, 3.8) is 0 Å². The van der Waals surface area contributed by atoms with Gasteiger partial charge in [0.05, 0.1) is 21.3 Å². The molecule has 6 heteroatoms. The summed E-state index contributed by atoms with van der Waals surface area (Å²) in [7, 11) is 4.44. The first-order valence-electron chi connectivity index (χ1n) is 6.97. The number of carbonyl (C=O) groups is 1. The molecule has 0 aliphatic heterocycles. The molecule has 0 saturated carbocycles. The van der Waals surface area contributed by atoms with Crippen LogP contribution in [0.4, 0.5) is 4.39 Å². The lowest BCUT2D eigenvalue weighted by atomic mass is 10.1. The first-order chi connectivity index (χ1) is 11.5. The van der Waals surface area contributed by atoms with Gasteiger partial charge in [-0.2, -0.15) is 0 Å². The minimum Gasteiger partial charge on any atom is -0.494 e. The van der Waals surface area contributed by atoms with E-state index < -0.39 is 5.82 Å². The van der Waals surface area contributed by atoms with E-state index in [9.17, 15) is 9.18 Å². The average molecular weight is 395 g/mol. The van der Waals surface area contributed by atoms with Crippen LogP contribution in [-0.4, -0.2) is 27.1 Å².